The summed E-state index contributed by atoms with van der Waals surface area (Å²) in [6, 6.07) is 6.57. The van der Waals surface area contributed by atoms with Gasteiger partial charge in [0.25, 0.3) is 5.56 Å². The molecule has 0 bridgehead atoms. The van der Waals surface area contributed by atoms with Gasteiger partial charge < -0.3 is 9.64 Å². The summed E-state index contributed by atoms with van der Waals surface area (Å²) < 4.78 is 20.7. The third-order valence-electron chi connectivity index (χ3n) is 5.02. The molecule has 0 spiro atoms. The molecule has 1 saturated heterocycles. The standard InChI is InChI=1S/C21H29FN4O2/c1-15(2)13-26-21(27)17(14-25-9-7-24(3)8-10-25)12-19(23-26)16-5-6-20(28-4)18(22)11-16/h5-6,11-12,15H,7-10,13-14H2,1-4H3. The van der Waals surface area contributed by atoms with Gasteiger partial charge in [0.15, 0.2) is 11.6 Å². The number of aromatic nitrogens is 2. The van der Waals surface area contributed by atoms with Crippen LogP contribution in [0.15, 0.2) is 29.1 Å². The molecule has 1 fully saturated rings. The summed E-state index contributed by atoms with van der Waals surface area (Å²) in [6.07, 6.45) is 0. The first kappa shape index (κ1) is 20.5. The van der Waals surface area contributed by atoms with Gasteiger partial charge >= 0.3 is 0 Å². The largest absolute Gasteiger partial charge is 0.494 e. The first-order valence-electron chi connectivity index (χ1n) is 9.73. The van der Waals surface area contributed by atoms with E-state index < -0.39 is 5.82 Å². The van der Waals surface area contributed by atoms with Crippen molar-refractivity contribution in [2.45, 2.75) is 26.9 Å². The van der Waals surface area contributed by atoms with Gasteiger partial charge in [-0.25, -0.2) is 9.07 Å². The molecule has 152 valence electrons. The second kappa shape index (κ2) is 8.84. The van der Waals surface area contributed by atoms with E-state index in [0.717, 1.165) is 26.2 Å². The Hall–Kier alpha value is -2.25. The lowest BCUT2D eigenvalue weighted by Gasteiger charge is -2.32. The van der Waals surface area contributed by atoms with Gasteiger partial charge in [-0.05, 0) is 37.2 Å². The molecule has 2 aromatic rings. The van der Waals surface area contributed by atoms with Gasteiger partial charge in [-0.1, -0.05) is 13.8 Å². The van der Waals surface area contributed by atoms with Crippen molar-refractivity contribution in [3.63, 3.8) is 0 Å². The third kappa shape index (κ3) is 4.77. The summed E-state index contributed by atoms with van der Waals surface area (Å²) in [7, 11) is 3.54. The summed E-state index contributed by atoms with van der Waals surface area (Å²) in [5.74, 6) is 0.0329. The van der Waals surface area contributed by atoms with E-state index in [-0.39, 0.29) is 17.2 Å². The Morgan fingerprint density at radius 1 is 1.18 bits per heavy atom. The quantitative estimate of drug-likeness (QED) is 0.761. The van der Waals surface area contributed by atoms with E-state index in [0.29, 0.717) is 29.9 Å². The van der Waals surface area contributed by atoms with Crippen molar-refractivity contribution in [2.24, 2.45) is 5.92 Å². The number of likely N-dealkylation sites (N-methyl/N-ethyl adjacent to an activating group) is 1. The van der Waals surface area contributed by atoms with E-state index in [1.165, 1.54) is 17.9 Å². The second-order valence-corrected chi connectivity index (χ2v) is 7.86. The van der Waals surface area contributed by atoms with Crippen LogP contribution in [0.3, 0.4) is 0 Å². The predicted molar refractivity (Wildman–Crippen MR) is 108 cm³/mol. The van der Waals surface area contributed by atoms with Gasteiger partial charge in [-0.3, -0.25) is 9.69 Å². The van der Waals surface area contributed by atoms with Crippen LogP contribution < -0.4 is 10.3 Å². The number of hydrogen-bond acceptors (Lipinski definition) is 5. The molecule has 6 nitrogen and oxygen atoms in total. The minimum atomic E-state index is -0.441. The summed E-state index contributed by atoms with van der Waals surface area (Å²) in [5.41, 5.74) is 1.87. The molecule has 0 aliphatic carbocycles. The van der Waals surface area contributed by atoms with E-state index in [2.05, 4.69) is 21.9 Å². The van der Waals surface area contributed by atoms with Crippen LogP contribution in [-0.4, -0.2) is 59.9 Å². The van der Waals surface area contributed by atoms with Gasteiger partial charge in [-0.2, -0.15) is 5.10 Å². The maximum atomic E-state index is 14.2. The lowest BCUT2D eigenvalue weighted by atomic mass is 10.1. The molecule has 3 rings (SSSR count). The van der Waals surface area contributed by atoms with Crippen molar-refractivity contribution in [1.82, 2.24) is 19.6 Å². The molecule has 0 N–H and O–H groups in total. The Labute approximate surface area is 165 Å². The van der Waals surface area contributed by atoms with Gasteiger partial charge in [0, 0.05) is 50.4 Å². The smallest absolute Gasteiger partial charge is 0.271 e. The minimum Gasteiger partial charge on any atom is -0.494 e. The molecule has 0 unspecified atom stereocenters. The van der Waals surface area contributed by atoms with E-state index in [1.807, 2.05) is 13.8 Å². The molecular weight excluding hydrogens is 359 g/mol. The monoisotopic (exact) mass is 388 g/mol. The molecular formula is C21H29FN4O2. The van der Waals surface area contributed by atoms with Gasteiger partial charge in [0.1, 0.15) is 0 Å². The maximum absolute atomic E-state index is 14.2. The zero-order valence-electron chi connectivity index (χ0n) is 17.1. The topological polar surface area (TPSA) is 50.6 Å². The van der Waals surface area contributed by atoms with Gasteiger partial charge in [-0.15, -0.1) is 0 Å². The minimum absolute atomic E-state index is 0.0645. The fourth-order valence-corrected chi connectivity index (χ4v) is 3.39. The Balaban J connectivity index is 1.97. The summed E-state index contributed by atoms with van der Waals surface area (Å²) in [5, 5.41) is 4.52. The van der Waals surface area contributed by atoms with Crippen LogP contribution in [0, 0.1) is 11.7 Å². The summed E-state index contributed by atoms with van der Waals surface area (Å²) >= 11 is 0. The fraction of sp³-hybridized carbons (Fsp3) is 0.524. The normalized spacial score (nSPS) is 15.9. The van der Waals surface area contributed by atoms with Crippen LogP contribution in [0.25, 0.3) is 11.3 Å². The maximum Gasteiger partial charge on any atom is 0.271 e. The van der Waals surface area contributed by atoms with Crippen LogP contribution in [0.4, 0.5) is 4.39 Å². The lowest BCUT2D eigenvalue weighted by Crippen LogP contribution is -2.45. The van der Waals surface area contributed by atoms with Crippen LogP contribution in [0.1, 0.15) is 19.4 Å². The third-order valence-corrected chi connectivity index (χ3v) is 5.02. The molecule has 1 aliphatic heterocycles. The van der Waals surface area contributed by atoms with Gasteiger partial charge in [0.05, 0.1) is 12.8 Å². The van der Waals surface area contributed by atoms with Crippen molar-refractivity contribution in [3.05, 3.63) is 46.0 Å². The fourth-order valence-electron chi connectivity index (χ4n) is 3.39. The number of piperazine rings is 1. The second-order valence-electron chi connectivity index (χ2n) is 7.86. The van der Waals surface area contributed by atoms with Crippen molar-refractivity contribution in [1.29, 1.82) is 0 Å². The number of halogens is 1. The molecule has 0 radical (unpaired) electrons. The summed E-state index contributed by atoms with van der Waals surface area (Å²) in [4.78, 5) is 17.5. The lowest BCUT2D eigenvalue weighted by molar-refractivity contribution is 0.147. The zero-order chi connectivity index (χ0) is 20.3. The molecule has 1 aromatic carbocycles. The number of rotatable bonds is 6. The van der Waals surface area contributed by atoms with Crippen molar-refractivity contribution in [2.75, 3.05) is 40.3 Å². The highest BCUT2D eigenvalue weighted by molar-refractivity contribution is 5.60. The predicted octanol–water partition coefficient (Wildman–Crippen LogP) is 2.46. The Bertz CT molecular complexity index is 873. The first-order valence-corrected chi connectivity index (χ1v) is 9.73. The molecule has 7 heteroatoms. The number of benzene rings is 1. The van der Waals surface area contributed by atoms with E-state index in [9.17, 15) is 9.18 Å². The van der Waals surface area contributed by atoms with Crippen molar-refractivity contribution >= 4 is 0 Å². The SMILES string of the molecule is COc1ccc(-c2cc(CN3CCN(C)CC3)c(=O)n(CC(C)C)n2)cc1F. The molecule has 1 aromatic heterocycles. The van der Waals surface area contributed by atoms with E-state index in [1.54, 1.807) is 18.2 Å². The first-order chi connectivity index (χ1) is 13.4. The highest BCUT2D eigenvalue weighted by Crippen LogP contribution is 2.24. The van der Waals surface area contributed by atoms with E-state index in [4.69, 9.17) is 4.74 Å². The molecule has 1 aliphatic rings. The summed E-state index contributed by atoms with van der Waals surface area (Å²) in [6.45, 7) is 9.04. The van der Waals surface area contributed by atoms with Crippen LogP contribution in [0.2, 0.25) is 0 Å². The Kier molecular flexibility index (Phi) is 6.46. The number of nitrogens with zero attached hydrogens (tertiary/aromatic N) is 4. The van der Waals surface area contributed by atoms with Crippen molar-refractivity contribution < 1.29 is 9.13 Å². The average Bonchev–Trinajstić information content (AvgIpc) is 2.66. The highest BCUT2D eigenvalue weighted by Gasteiger charge is 2.18. The highest BCUT2D eigenvalue weighted by atomic mass is 19.1. The van der Waals surface area contributed by atoms with Crippen LogP contribution >= 0.6 is 0 Å². The van der Waals surface area contributed by atoms with Gasteiger partial charge in [0.2, 0.25) is 0 Å². The van der Waals surface area contributed by atoms with Crippen LogP contribution in [-0.2, 0) is 13.1 Å². The number of hydrogen-bond donors (Lipinski definition) is 0. The Morgan fingerprint density at radius 2 is 1.89 bits per heavy atom. The molecule has 0 atom stereocenters. The number of methoxy groups -OCH3 is 1. The molecule has 0 saturated carbocycles. The average molecular weight is 388 g/mol. The Morgan fingerprint density at radius 3 is 2.50 bits per heavy atom. The molecule has 2 heterocycles. The number of ether oxygens (including phenoxy) is 1. The molecule has 0 amide bonds. The van der Waals surface area contributed by atoms with E-state index >= 15 is 0 Å². The molecule has 28 heavy (non-hydrogen) atoms. The zero-order valence-corrected chi connectivity index (χ0v) is 17.1. The van der Waals surface area contributed by atoms with Crippen molar-refractivity contribution in [3.8, 4) is 17.0 Å². The van der Waals surface area contributed by atoms with Crippen LogP contribution in [0.5, 0.6) is 5.75 Å².